The zero-order valence-electron chi connectivity index (χ0n) is 15.8. The standard InChI is InChI=1S/C20H36N2O2/c1-3-4-15-21(2)19(23)13-7-8-14-20(24)22-16-9-11-17-10-5-6-12-18(17)22/h17-18H,3-16H2,1-2H3. The Morgan fingerprint density at radius 2 is 1.71 bits per heavy atom. The first-order valence-electron chi connectivity index (χ1n) is 10.2. The third-order valence-corrected chi connectivity index (χ3v) is 5.87. The first-order valence-corrected chi connectivity index (χ1v) is 10.2. The van der Waals surface area contributed by atoms with Crippen molar-refractivity contribution in [1.29, 1.82) is 0 Å². The molecule has 0 spiro atoms. The Hall–Kier alpha value is -1.06. The van der Waals surface area contributed by atoms with Crippen LogP contribution in [0.3, 0.4) is 0 Å². The topological polar surface area (TPSA) is 40.6 Å². The van der Waals surface area contributed by atoms with E-state index < -0.39 is 0 Å². The van der Waals surface area contributed by atoms with Crippen LogP contribution in [0.1, 0.15) is 84.0 Å². The van der Waals surface area contributed by atoms with E-state index in [0.717, 1.165) is 44.7 Å². The van der Waals surface area contributed by atoms with Gasteiger partial charge in [-0.3, -0.25) is 9.59 Å². The lowest BCUT2D eigenvalue weighted by Crippen LogP contribution is -2.49. The van der Waals surface area contributed by atoms with E-state index in [1.165, 1.54) is 38.5 Å². The molecule has 0 N–H and O–H groups in total. The molecule has 0 aromatic carbocycles. The van der Waals surface area contributed by atoms with E-state index in [4.69, 9.17) is 0 Å². The van der Waals surface area contributed by atoms with Crippen molar-refractivity contribution in [2.45, 2.75) is 90.0 Å². The fourth-order valence-corrected chi connectivity index (χ4v) is 4.34. The van der Waals surface area contributed by atoms with E-state index >= 15 is 0 Å². The number of hydrogen-bond donors (Lipinski definition) is 0. The summed E-state index contributed by atoms with van der Waals surface area (Å²) in [6.07, 6.45) is 12.7. The molecule has 2 aliphatic rings. The summed E-state index contributed by atoms with van der Waals surface area (Å²) in [6.45, 7) is 3.95. The first kappa shape index (κ1) is 19.3. The third kappa shape index (κ3) is 5.49. The molecule has 1 heterocycles. The highest BCUT2D eigenvalue weighted by Crippen LogP contribution is 2.35. The van der Waals surface area contributed by atoms with Gasteiger partial charge in [0.2, 0.25) is 11.8 Å². The molecular formula is C20H36N2O2. The molecule has 4 heteroatoms. The number of hydrogen-bond acceptors (Lipinski definition) is 2. The number of amides is 2. The van der Waals surface area contributed by atoms with Crippen LogP contribution in [0.25, 0.3) is 0 Å². The average molecular weight is 337 g/mol. The summed E-state index contributed by atoms with van der Waals surface area (Å²) in [4.78, 5) is 28.6. The molecule has 2 unspecified atom stereocenters. The number of piperidine rings is 1. The van der Waals surface area contributed by atoms with Crippen molar-refractivity contribution in [2.24, 2.45) is 5.92 Å². The number of unbranched alkanes of at least 4 members (excludes halogenated alkanes) is 2. The minimum absolute atomic E-state index is 0.223. The van der Waals surface area contributed by atoms with Crippen molar-refractivity contribution in [2.75, 3.05) is 20.1 Å². The molecule has 0 aromatic heterocycles. The number of carbonyl (C=O) groups excluding carboxylic acids is 2. The molecule has 1 aliphatic heterocycles. The lowest BCUT2D eigenvalue weighted by Gasteiger charge is -2.44. The summed E-state index contributed by atoms with van der Waals surface area (Å²) in [5.74, 6) is 1.31. The van der Waals surface area contributed by atoms with Crippen LogP contribution in [-0.4, -0.2) is 47.8 Å². The highest BCUT2D eigenvalue weighted by atomic mass is 16.2. The zero-order chi connectivity index (χ0) is 17.4. The van der Waals surface area contributed by atoms with Crippen LogP contribution >= 0.6 is 0 Å². The van der Waals surface area contributed by atoms with Crippen molar-refractivity contribution in [3.63, 3.8) is 0 Å². The quantitative estimate of drug-likeness (QED) is 0.629. The van der Waals surface area contributed by atoms with Gasteiger partial charge in [-0.15, -0.1) is 0 Å². The minimum Gasteiger partial charge on any atom is -0.346 e. The maximum Gasteiger partial charge on any atom is 0.222 e. The van der Waals surface area contributed by atoms with Crippen molar-refractivity contribution < 1.29 is 9.59 Å². The smallest absolute Gasteiger partial charge is 0.222 e. The maximum atomic E-state index is 12.6. The molecule has 2 rings (SSSR count). The van der Waals surface area contributed by atoms with Crippen molar-refractivity contribution in [1.82, 2.24) is 9.80 Å². The second-order valence-corrected chi connectivity index (χ2v) is 7.72. The fourth-order valence-electron chi connectivity index (χ4n) is 4.34. The van der Waals surface area contributed by atoms with Gasteiger partial charge >= 0.3 is 0 Å². The molecule has 2 amide bonds. The number of carbonyl (C=O) groups is 2. The summed E-state index contributed by atoms with van der Waals surface area (Å²) in [6, 6.07) is 0.516. The summed E-state index contributed by atoms with van der Waals surface area (Å²) in [7, 11) is 1.89. The Morgan fingerprint density at radius 3 is 2.50 bits per heavy atom. The van der Waals surface area contributed by atoms with Gasteiger partial charge in [-0.05, 0) is 50.9 Å². The lowest BCUT2D eigenvalue weighted by atomic mass is 9.78. The lowest BCUT2D eigenvalue weighted by molar-refractivity contribution is -0.138. The van der Waals surface area contributed by atoms with Gasteiger partial charge < -0.3 is 9.80 Å². The third-order valence-electron chi connectivity index (χ3n) is 5.87. The predicted octanol–water partition coefficient (Wildman–Crippen LogP) is 3.99. The molecule has 1 saturated heterocycles. The Labute approximate surface area is 148 Å². The highest BCUT2D eigenvalue weighted by Gasteiger charge is 2.35. The second kappa shape index (κ2) is 10.0. The van der Waals surface area contributed by atoms with E-state index in [-0.39, 0.29) is 5.91 Å². The molecule has 2 fully saturated rings. The molecule has 0 radical (unpaired) electrons. The monoisotopic (exact) mass is 336 g/mol. The maximum absolute atomic E-state index is 12.6. The normalized spacial score (nSPS) is 23.7. The van der Waals surface area contributed by atoms with Gasteiger partial charge in [-0.25, -0.2) is 0 Å². The summed E-state index contributed by atoms with van der Waals surface area (Å²) < 4.78 is 0. The minimum atomic E-state index is 0.223. The Morgan fingerprint density at radius 1 is 1.00 bits per heavy atom. The van der Waals surface area contributed by atoms with Crippen LogP contribution < -0.4 is 0 Å². The van der Waals surface area contributed by atoms with E-state index in [0.29, 0.717) is 24.8 Å². The number of nitrogens with zero attached hydrogens (tertiary/aromatic N) is 2. The molecule has 138 valence electrons. The van der Waals surface area contributed by atoms with Crippen LogP contribution in [0, 0.1) is 5.92 Å². The van der Waals surface area contributed by atoms with Gasteiger partial charge in [0.25, 0.3) is 0 Å². The summed E-state index contributed by atoms with van der Waals surface area (Å²) in [5, 5.41) is 0. The zero-order valence-corrected chi connectivity index (χ0v) is 15.8. The van der Waals surface area contributed by atoms with Gasteiger partial charge in [0.15, 0.2) is 0 Å². The van der Waals surface area contributed by atoms with Crippen LogP contribution in [0.4, 0.5) is 0 Å². The van der Waals surface area contributed by atoms with E-state index in [1.54, 1.807) is 0 Å². The molecule has 1 aliphatic carbocycles. The number of rotatable bonds is 8. The SMILES string of the molecule is CCCCN(C)C(=O)CCCCC(=O)N1CCCC2CCCCC21. The van der Waals surface area contributed by atoms with Gasteiger partial charge in [-0.2, -0.15) is 0 Å². The van der Waals surface area contributed by atoms with E-state index in [9.17, 15) is 9.59 Å². The molecular weight excluding hydrogens is 300 g/mol. The van der Waals surface area contributed by atoms with E-state index in [2.05, 4.69) is 11.8 Å². The van der Waals surface area contributed by atoms with Gasteiger partial charge in [-0.1, -0.05) is 26.2 Å². The largest absolute Gasteiger partial charge is 0.346 e. The van der Waals surface area contributed by atoms with Crippen molar-refractivity contribution >= 4 is 11.8 Å². The molecule has 4 nitrogen and oxygen atoms in total. The van der Waals surface area contributed by atoms with Crippen molar-refractivity contribution in [3.05, 3.63) is 0 Å². The van der Waals surface area contributed by atoms with Crippen LogP contribution in [0.5, 0.6) is 0 Å². The molecule has 0 aromatic rings. The van der Waals surface area contributed by atoms with Crippen molar-refractivity contribution in [3.8, 4) is 0 Å². The Kier molecular flexibility index (Phi) is 8.07. The molecule has 0 bridgehead atoms. The number of fused-ring (bicyclic) bond motifs is 1. The summed E-state index contributed by atoms with van der Waals surface area (Å²) in [5.41, 5.74) is 0. The van der Waals surface area contributed by atoms with Crippen LogP contribution in [-0.2, 0) is 9.59 Å². The van der Waals surface area contributed by atoms with Crippen LogP contribution in [0.2, 0.25) is 0 Å². The fraction of sp³-hybridized carbons (Fsp3) is 0.900. The van der Waals surface area contributed by atoms with Gasteiger partial charge in [0.1, 0.15) is 0 Å². The van der Waals surface area contributed by atoms with E-state index in [1.807, 2.05) is 11.9 Å². The highest BCUT2D eigenvalue weighted by molar-refractivity contribution is 5.77. The molecule has 2 atom stereocenters. The van der Waals surface area contributed by atoms with Gasteiger partial charge in [0, 0.05) is 39.0 Å². The second-order valence-electron chi connectivity index (χ2n) is 7.72. The Balaban J connectivity index is 1.66. The molecule has 24 heavy (non-hydrogen) atoms. The van der Waals surface area contributed by atoms with Crippen LogP contribution in [0.15, 0.2) is 0 Å². The number of likely N-dealkylation sites (tertiary alicyclic amines) is 1. The Bertz CT molecular complexity index is 408. The summed E-state index contributed by atoms with van der Waals surface area (Å²) >= 11 is 0. The van der Waals surface area contributed by atoms with Gasteiger partial charge in [0.05, 0.1) is 0 Å². The predicted molar refractivity (Wildman–Crippen MR) is 97.7 cm³/mol. The average Bonchev–Trinajstić information content (AvgIpc) is 2.62. The first-order chi connectivity index (χ1) is 11.6. The molecule has 1 saturated carbocycles.